The fraction of sp³-hybridized carbons (Fsp3) is 0.625. The van der Waals surface area contributed by atoms with Gasteiger partial charge in [0.2, 0.25) is 0 Å². The topological polar surface area (TPSA) is 12.0 Å². The van der Waals surface area contributed by atoms with E-state index in [1.807, 2.05) is 0 Å². The van der Waals surface area contributed by atoms with Gasteiger partial charge in [0.05, 0.1) is 0 Å². The summed E-state index contributed by atoms with van der Waals surface area (Å²) in [5.74, 6) is 0.962. The fourth-order valence-corrected chi connectivity index (χ4v) is 3.72. The largest absolute Gasteiger partial charge is 0.307 e. The van der Waals surface area contributed by atoms with E-state index in [1.165, 1.54) is 49.7 Å². The lowest BCUT2D eigenvalue weighted by molar-refractivity contribution is 0.176. The molecule has 1 aliphatic carbocycles. The minimum absolute atomic E-state index is 0.607. The van der Waals surface area contributed by atoms with E-state index in [1.54, 1.807) is 0 Å². The van der Waals surface area contributed by atoms with Gasteiger partial charge in [-0.25, -0.2) is 0 Å². The van der Waals surface area contributed by atoms with E-state index in [0.717, 1.165) is 12.0 Å². The van der Waals surface area contributed by atoms with Gasteiger partial charge in [-0.2, -0.15) is 0 Å². The van der Waals surface area contributed by atoms with Crippen molar-refractivity contribution in [3.8, 4) is 0 Å². The van der Waals surface area contributed by atoms with Gasteiger partial charge < -0.3 is 5.32 Å². The second kappa shape index (κ2) is 4.81. The van der Waals surface area contributed by atoms with Crippen LogP contribution in [0.3, 0.4) is 0 Å². The summed E-state index contributed by atoms with van der Waals surface area (Å²) in [4.78, 5) is 0. The van der Waals surface area contributed by atoms with E-state index in [-0.39, 0.29) is 0 Å². The average Bonchev–Trinajstić information content (AvgIpc) is 2.39. The monoisotopic (exact) mass is 229 g/mol. The van der Waals surface area contributed by atoms with Gasteiger partial charge in [-0.1, -0.05) is 37.1 Å². The van der Waals surface area contributed by atoms with E-state index in [4.69, 9.17) is 0 Å². The van der Waals surface area contributed by atoms with Gasteiger partial charge in [-0.3, -0.25) is 0 Å². The second-order valence-electron chi connectivity index (χ2n) is 5.80. The molecule has 1 aromatic carbocycles. The third kappa shape index (κ3) is 2.26. The molecule has 2 aliphatic rings. The Kier molecular flexibility index (Phi) is 3.19. The fourth-order valence-electron chi connectivity index (χ4n) is 3.72. The molecule has 0 amide bonds. The molecular weight excluding hydrogens is 206 g/mol. The molecule has 2 fully saturated rings. The zero-order valence-corrected chi connectivity index (χ0v) is 10.8. The van der Waals surface area contributed by atoms with E-state index in [0.29, 0.717) is 6.04 Å². The maximum absolute atomic E-state index is 3.91. The summed E-state index contributed by atoms with van der Waals surface area (Å²) < 4.78 is 0. The predicted octanol–water partition coefficient (Wildman–Crippen LogP) is 3.98. The number of nitrogens with one attached hydrogen (secondary N) is 1. The van der Waals surface area contributed by atoms with Crippen LogP contribution in [0.25, 0.3) is 0 Å². The number of aryl methyl sites for hydroxylation is 1. The van der Waals surface area contributed by atoms with Crippen molar-refractivity contribution < 1.29 is 0 Å². The molecule has 0 spiro atoms. The summed E-state index contributed by atoms with van der Waals surface area (Å²) in [5.41, 5.74) is 2.97. The Morgan fingerprint density at radius 3 is 2.71 bits per heavy atom. The lowest BCUT2D eigenvalue weighted by Gasteiger charge is -2.41. The summed E-state index contributed by atoms with van der Waals surface area (Å²) in [6, 6.07) is 10.3. The molecule has 17 heavy (non-hydrogen) atoms. The molecule has 0 radical (unpaired) electrons. The van der Waals surface area contributed by atoms with Gasteiger partial charge in [0, 0.05) is 12.1 Å². The minimum Gasteiger partial charge on any atom is -0.307 e. The third-order valence-corrected chi connectivity index (χ3v) is 4.71. The van der Waals surface area contributed by atoms with Crippen LogP contribution >= 0.6 is 0 Å². The van der Waals surface area contributed by atoms with E-state index < -0.39 is 0 Å². The zero-order valence-electron chi connectivity index (χ0n) is 10.8. The van der Waals surface area contributed by atoms with Crippen molar-refractivity contribution >= 4 is 0 Å². The van der Waals surface area contributed by atoms with E-state index in [2.05, 4.69) is 36.5 Å². The SMILES string of the molecule is Cc1ccccc1C1CCC2CCCCC2N1. The molecule has 1 heterocycles. The van der Waals surface area contributed by atoms with Crippen molar-refractivity contribution in [2.45, 2.75) is 57.5 Å². The molecule has 92 valence electrons. The predicted molar refractivity (Wildman–Crippen MR) is 72.0 cm³/mol. The smallest absolute Gasteiger partial charge is 0.0325 e. The Balaban J connectivity index is 1.76. The summed E-state index contributed by atoms with van der Waals surface area (Å²) in [7, 11) is 0. The van der Waals surface area contributed by atoms with Crippen molar-refractivity contribution in [1.82, 2.24) is 5.32 Å². The standard InChI is InChI=1S/C16H23N/c1-12-6-2-4-8-14(12)16-11-10-13-7-3-5-9-15(13)17-16/h2,4,6,8,13,15-17H,3,5,7,9-11H2,1H3. The third-order valence-electron chi connectivity index (χ3n) is 4.71. The van der Waals surface area contributed by atoms with Gasteiger partial charge in [-0.15, -0.1) is 0 Å². The molecule has 1 aromatic rings. The maximum atomic E-state index is 3.91. The van der Waals surface area contributed by atoms with Crippen LogP contribution in [0.15, 0.2) is 24.3 Å². The molecule has 1 nitrogen and oxygen atoms in total. The summed E-state index contributed by atoms with van der Waals surface area (Å²) >= 11 is 0. The van der Waals surface area contributed by atoms with Gasteiger partial charge in [-0.05, 0) is 49.7 Å². The first kappa shape index (κ1) is 11.3. The summed E-state index contributed by atoms with van der Waals surface area (Å²) in [5, 5.41) is 3.91. The zero-order chi connectivity index (χ0) is 11.7. The maximum Gasteiger partial charge on any atom is 0.0325 e. The van der Waals surface area contributed by atoms with Gasteiger partial charge in [0.1, 0.15) is 0 Å². The Bertz CT molecular complexity index is 385. The highest BCUT2D eigenvalue weighted by atomic mass is 15.0. The molecule has 1 N–H and O–H groups in total. The molecule has 3 atom stereocenters. The number of hydrogen-bond acceptors (Lipinski definition) is 1. The number of benzene rings is 1. The van der Waals surface area contributed by atoms with Crippen molar-refractivity contribution in [2.75, 3.05) is 0 Å². The van der Waals surface area contributed by atoms with Gasteiger partial charge in [0.15, 0.2) is 0 Å². The highest BCUT2D eigenvalue weighted by molar-refractivity contribution is 5.29. The Morgan fingerprint density at radius 1 is 1.00 bits per heavy atom. The number of piperidine rings is 1. The van der Waals surface area contributed by atoms with Crippen LogP contribution in [0.1, 0.15) is 55.7 Å². The van der Waals surface area contributed by atoms with Crippen LogP contribution in [0.2, 0.25) is 0 Å². The van der Waals surface area contributed by atoms with Gasteiger partial charge in [0.25, 0.3) is 0 Å². The molecule has 3 unspecified atom stereocenters. The minimum atomic E-state index is 0.607. The number of hydrogen-bond donors (Lipinski definition) is 1. The normalized spacial score (nSPS) is 33.1. The van der Waals surface area contributed by atoms with Crippen LogP contribution in [0, 0.1) is 12.8 Å². The molecule has 0 bridgehead atoms. The molecule has 1 aliphatic heterocycles. The van der Waals surface area contributed by atoms with Gasteiger partial charge >= 0.3 is 0 Å². The summed E-state index contributed by atoms with van der Waals surface area (Å²) in [6.45, 7) is 2.24. The van der Waals surface area contributed by atoms with Crippen LogP contribution < -0.4 is 5.32 Å². The molecule has 0 aromatic heterocycles. The molecule has 3 rings (SSSR count). The van der Waals surface area contributed by atoms with Crippen molar-refractivity contribution in [2.24, 2.45) is 5.92 Å². The van der Waals surface area contributed by atoms with E-state index >= 15 is 0 Å². The first-order chi connectivity index (χ1) is 8.34. The first-order valence-corrected chi connectivity index (χ1v) is 7.16. The highest BCUT2D eigenvalue weighted by Crippen LogP contribution is 2.37. The number of rotatable bonds is 1. The Morgan fingerprint density at radius 2 is 1.82 bits per heavy atom. The van der Waals surface area contributed by atoms with Crippen LogP contribution in [0.5, 0.6) is 0 Å². The second-order valence-corrected chi connectivity index (χ2v) is 5.80. The molecule has 1 saturated carbocycles. The average molecular weight is 229 g/mol. The van der Waals surface area contributed by atoms with Crippen molar-refractivity contribution in [3.05, 3.63) is 35.4 Å². The lowest BCUT2D eigenvalue weighted by Crippen LogP contribution is -2.44. The van der Waals surface area contributed by atoms with Crippen LogP contribution in [0.4, 0.5) is 0 Å². The Hall–Kier alpha value is -0.820. The van der Waals surface area contributed by atoms with Crippen LogP contribution in [-0.4, -0.2) is 6.04 Å². The molecule has 1 heteroatoms. The molecular formula is C16H23N. The van der Waals surface area contributed by atoms with E-state index in [9.17, 15) is 0 Å². The van der Waals surface area contributed by atoms with Crippen molar-refractivity contribution in [3.63, 3.8) is 0 Å². The summed E-state index contributed by atoms with van der Waals surface area (Å²) in [6.07, 6.45) is 8.49. The van der Waals surface area contributed by atoms with Crippen LogP contribution in [-0.2, 0) is 0 Å². The lowest BCUT2D eigenvalue weighted by atomic mass is 9.76. The highest BCUT2D eigenvalue weighted by Gasteiger charge is 2.32. The Labute approximate surface area is 105 Å². The molecule has 1 saturated heterocycles. The number of fused-ring (bicyclic) bond motifs is 1. The first-order valence-electron chi connectivity index (χ1n) is 7.16. The quantitative estimate of drug-likeness (QED) is 0.768. The van der Waals surface area contributed by atoms with Crippen molar-refractivity contribution in [1.29, 1.82) is 0 Å².